The normalized spacial score (nSPS) is 13.4. The maximum atomic E-state index is 11.1. The Morgan fingerprint density at radius 3 is 2.41 bits per heavy atom. The summed E-state index contributed by atoms with van der Waals surface area (Å²) in [5.74, 6) is 0.218. The fraction of sp³-hybridized carbons (Fsp3) is 0.529. The van der Waals surface area contributed by atoms with Gasteiger partial charge in [-0.15, -0.1) is 0 Å². The Morgan fingerprint density at radius 2 is 1.86 bits per heavy atom. The van der Waals surface area contributed by atoms with Crippen LogP contribution >= 0.6 is 0 Å². The van der Waals surface area contributed by atoms with Crippen LogP contribution in [0.3, 0.4) is 0 Å². The van der Waals surface area contributed by atoms with Crippen molar-refractivity contribution in [1.29, 1.82) is 0 Å². The van der Waals surface area contributed by atoms with Gasteiger partial charge in [-0.3, -0.25) is 0 Å². The number of sulfone groups is 1. The fourth-order valence-electron chi connectivity index (χ4n) is 2.38. The number of benzene rings is 1. The Bertz CT molecular complexity index is 565. The summed E-state index contributed by atoms with van der Waals surface area (Å²) >= 11 is 0. The number of rotatable bonds is 9. The van der Waals surface area contributed by atoms with Gasteiger partial charge >= 0.3 is 0 Å². The van der Waals surface area contributed by atoms with Crippen LogP contribution in [0.15, 0.2) is 36.4 Å². The molecule has 2 N–H and O–H groups in total. The maximum absolute atomic E-state index is 11.1. The molecule has 1 atom stereocenters. The van der Waals surface area contributed by atoms with Crippen LogP contribution in [-0.2, 0) is 9.84 Å². The highest BCUT2D eigenvalue weighted by Crippen LogP contribution is 2.21. The predicted octanol–water partition coefficient (Wildman–Crippen LogP) is 3.25. The zero-order chi connectivity index (χ0) is 16.6. The summed E-state index contributed by atoms with van der Waals surface area (Å²) in [6, 6.07) is 8.30. The Kier molecular flexibility index (Phi) is 7.45. The average Bonchev–Trinajstić information content (AvgIpc) is 2.44. The molecule has 4 nitrogen and oxygen atoms in total. The second-order valence-electron chi connectivity index (χ2n) is 5.77. The van der Waals surface area contributed by atoms with E-state index >= 15 is 0 Å². The molecule has 1 aromatic carbocycles. The number of nitrogens with two attached hydrogens (primary N) is 1. The van der Waals surface area contributed by atoms with E-state index in [-0.39, 0.29) is 5.75 Å². The van der Waals surface area contributed by atoms with E-state index < -0.39 is 9.84 Å². The van der Waals surface area contributed by atoms with Crippen molar-refractivity contribution in [2.75, 3.05) is 29.7 Å². The Balaban J connectivity index is 2.60. The number of nitrogen functional groups attached to an aromatic ring is 1. The average molecular weight is 324 g/mol. The molecule has 1 rings (SSSR count). The lowest BCUT2D eigenvalue weighted by molar-refractivity contribution is 0.577. The first-order valence-corrected chi connectivity index (χ1v) is 9.80. The quantitative estimate of drug-likeness (QED) is 0.559. The largest absolute Gasteiger partial charge is 0.399 e. The van der Waals surface area contributed by atoms with Gasteiger partial charge in [0.15, 0.2) is 0 Å². The minimum absolute atomic E-state index is 0.218. The maximum Gasteiger partial charge on any atom is 0.147 e. The number of hydrogen-bond donors (Lipinski definition) is 1. The van der Waals surface area contributed by atoms with Crippen LogP contribution < -0.4 is 10.6 Å². The van der Waals surface area contributed by atoms with Crippen LogP contribution in [0.2, 0.25) is 0 Å². The van der Waals surface area contributed by atoms with Gasteiger partial charge in [0.25, 0.3) is 0 Å². The second kappa shape index (κ2) is 8.83. The Hall–Kier alpha value is -1.49. The first-order chi connectivity index (χ1) is 10.3. The van der Waals surface area contributed by atoms with Crippen molar-refractivity contribution in [3.63, 3.8) is 0 Å². The molecule has 0 saturated carbocycles. The Labute approximate surface area is 134 Å². The van der Waals surface area contributed by atoms with Crippen LogP contribution in [0.25, 0.3) is 0 Å². The molecule has 22 heavy (non-hydrogen) atoms. The minimum Gasteiger partial charge on any atom is -0.399 e. The first-order valence-electron chi connectivity index (χ1n) is 7.74. The lowest BCUT2D eigenvalue weighted by atomic mass is 10.1. The van der Waals surface area contributed by atoms with Gasteiger partial charge in [0, 0.05) is 30.7 Å². The third-order valence-electron chi connectivity index (χ3n) is 3.70. The van der Waals surface area contributed by atoms with Gasteiger partial charge < -0.3 is 10.6 Å². The zero-order valence-electron chi connectivity index (χ0n) is 13.8. The third-order valence-corrected chi connectivity index (χ3v) is 4.68. The molecule has 0 aliphatic heterocycles. The molecule has 0 aliphatic carbocycles. The van der Waals surface area contributed by atoms with E-state index in [0.717, 1.165) is 30.6 Å². The van der Waals surface area contributed by atoms with Crippen molar-refractivity contribution in [1.82, 2.24) is 0 Å². The summed E-state index contributed by atoms with van der Waals surface area (Å²) in [6.45, 7) is 2.18. The molecular weight excluding hydrogens is 296 g/mol. The van der Waals surface area contributed by atoms with Crippen molar-refractivity contribution in [3.8, 4) is 0 Å². The topological polar surface area (TPSA) is 63.4 Å². The predicted molar refractivity (Wildman–Crippen MR) is 96.0 cm³/mol. The molecule has 124 valence electrons. The molecule has 0 spiro atoms. The van der Waals surface area contributed by atoms with E-state index in [2.05, 4.69) is 24.9 Å². The molecule has 0 amide bonds. The van der Waals surface area contributed by atoms with Crippen molar-refractivity contribution in [2.45, 2.75) is 38.6 Å². The molecule has 0 bridgehead atoms. The summed E-state index contributed by atoms with van der Waals surface area (Å²) in [6.07, 6.45) is 9.05. The highest BCUT2D eigenvalue weighted by Gasteiger charge is 2.13. The molecule has 1 unspecified atom stereocenters. The van der Waals surface area contributed by atoms with Gasteiger partial charge in [0.05, 0.1) is 5.75 Å². The molecule has 0 fully saturated rings. The van der Waals surface area contributed by atoms with Gasteiger partial charge in [-0.1, -0.05) is 25.5 Å². The highest BCUT2D eigenvalue weighted by atomic mass is 32.2. The van der Waals surface area contributed by atoms with Gasteiger partial charge in [-0.2, -0.15) is 0 Å². The van der Waals surface area contributed by atoms with Crippen LogP contribution in [-0.4, -0.2) is 33.5 Å². The van der Waals surface area contributed by atoms with Crippen molar-refractivity contribution in [3.05, 3.63) is 36.4 Å². The molecule has 0 heterocycles. The summed E-state index contributed by atoms with van der Waals surface area (Å²) in [7, 11) is -0.779. The highest BCUT2D eigenvalue weighted by molar-refractivity contribution is 7.90. The summed E-state index contributed by atoms with van der Waals surface area (Å²) in [4.78, 5) is 2.27. The van der Waals surface area contributed by atoms with E-state index in [0.29, 0.717) is 12.5 Å². The van der Waals surface area contributed by atoms with E-state index in [9.17, 15) is 8.42 Å². The van der Waals surface area contributed by atoms with E-state index in [1.165, 1.54) is 6.26 Å². The number of nitrogens with zero attached hydrogens (tertiary/aromatic N) is 1. The van der Waals surface area contributed by atoms with E-state index in [1.54, 1.807) is 0 Å². The molecule has 1 aromatic rings. The van der Waals surface area contributed by atoms with Gasteiger partial charge in [-0.25, -0.2) is 8.42 Å². The van der Waals surface area contributed by atoms with Crippen LogP contribution in [0.1, 0.15) is 32.6 Å². The summed E-state index contributed by atoms with van der Waals surface area (Å²) < 4.78 is 22.2. The zero-order valence-corrected chi connectivity index (χ0v) is 14.6. The van der Waals surface area contributed by atoms with Crippen LogP contribution in [0.4, 0.5) is 11.4 Å². The lowest BCUT2D eigenvalue weighted by Gasteiger charge is -2.29. The molecule has 0 aromatic heterocycles. The second-order valence-corrected chi connectivity index (χ2v) is 8.03. The van der Waals surface area contributed by atoms with Crippen molar-refractivity contribution >= 4 is 21.2 Å². The molecule has 5 heteroatoms. The monoisotopic (exact) mass is 324 g/mol. The fourth-order valence-corrected chi connectivity index (χ4v) is 2.94. The number of allylic oxidation sites excluding steroid dienone is 1. The summed E-state index contributed by atoms with van der Waals surface area (Å²) in [5.41, 5.74) is 7.65. The standard InChI is InChI=1S/C17H28N2O2S/c1-4-8-16(9-6-5-7-14-22(3,20)21)19(2)17-12-10-15(18)11-13-17/h5-6,10-13,16H,4,7-9,14,18H2,1-3H3. The first kappa shape index (κ1) is 18.6. The van der Waals surface area contributed by atoms with Crippen molar-refractivity contribution < 1.29 is 8.42 Å². The van der Waals surface area contributed by atoms with Crippen molar-refractivity contribution in [2.24, 2.45) is 0 Å². The molecule has 0 radical (unpaired) electrons. The molecule has 0 aliphatic rings. The number of hydrogen-bond acceptors (Lipinski definition) is 4. The summed E-state index contributed by atoms with van der Waals surface area (Å²) in [5, 5.41) is 0. The minimum atomic E-state index is -2.87. The lowest BCUT2D eigenvalue weighted by Crippen LogP contribution is -2.31. The smallest absolute Gasteiger partial charge is 0.147 e. The Morgan fingerprint density at radius 1 is 1.23 bits per heavy atom. The third kappa shape index (κ3) is 6.98. The van der Waals surface area contributed by atoms with E-state index in [4.69, 9.17) is 5.73 Å². The molecule has 0 saturated heterocycles. The SMILES string of the molecule is CCCC(CC=CCCS(C)(=O)=O)N(C)c1ccc(N)cc1. The van der Waals surface area contributed by atoms with Gasteiger partial charge in [-0.05, 0) is 43.5 Å². The van der Waals surface area contributed by atoms with Gasteiger partial charge in [0.2, 0.25) is 0 Å². The van der Waals surface area contributed by atoms with Gasteiger partial charge in [0.1, 0.15) is 9.84 Å². The van der Waals surface area contributed by atoms with E-state index in [1.807, 2.05) is 30.3 Å². The molecular formula is C17H28N2O2S. The number of anilines is 2. The van der Waals surface area contributed by atoms with Crippen LogP contribution in [0.5, 0.6) is 0 Å². The van der Waals surface area contributed by atoms with Crippen LogP contribution in [0, 0.1) is 0 Å².